The van der Waals surface area contributed by atoms with Gasteiger partial charge < -0.3 is 18.5 Å². The van der Waals surface area contributed by atoms with Gasteiger partial charge in [-0.1, -0.05) is 196 Å². The quantitative estimate of drug-likeness (QED) is 0.144. The Hall–Kier alpha value is -10.9. The lowest BCUT2D eigenvalue weighted by Gasteiger charge is -2.28. The van der Waals surface area contributed by atoms with Crippen molar-refractivity contribution in [1.82, 2.24) is 9.13 Å². The van der Waals surface area contributed by atoms with Crippen LogP contribution < -0.4 is 4.90 Å². The minimum absolute atomic E-state index is 0.270. The first-order chi connectivity index (χ1) is 41.9. The third-order valence-electron chi connectivity index (χ3n) is 18.1. The number of para-hydroxylation sites is 5. The van der Waals surface area contributed by atoms with Gasteiger partial charge in [-0.15, -0.1) is 0 Å². The largest absolute Gasteiger partial charge is 0.456 e. The summed E-state index contributed by atoms with van der Waals surface area (Å²) in [5, 5.41) is 7.28. The molecule has 3 heterocycles. The van der Waals surface area contributed by atoms with Crippen molar-refractivity contribution < 1.29 is 4.42 Å². The molecule has 4 heteroatoms. The molecule has 0 fully saturated rings. The van der Waals surface area contributed by atoms with Gasteiger partial charge in [0, 0.05) is 66.2 Å². The van der Waals surface area contributed by atoms with E-state index < -0.39 is 0 Å². The average Bonchev–Trinajstić information content (AvgIpc) is 3.04. The van der Waals surface area contributed by atoms with Gasteiger partial charge in [0.2, 0.25) is 0 Å². The van der Waals surface area contributed by atoms with Crippen LogP contribution in [0, 0.1) is 0 Å². The highest BCUT2D eigenvalue weighted by molar-refractivity contribution is 6.12. The minimum atomic E-state index is -0.270. The van der Waals surface area contributed by atoms with Crippen LogP contribution in [0.3, 0.4) is 0 Å². The fraction of sp³-hybridized carbons (Fsp3) is 0.0370. The molecule has 0 amide bonds. The second-order valence-corrected chi connectivity index (χ2v) is 23.3. The zero-order chi connectivity index (χ0) is 56.3. The van der Waals surface area contributed by atoms with E-state index in [1.807, 2.05) is 12.1 Å². The monoisotopic (exact) mass is 1090 g/mol. The number of anilines is 3. The van der Waals surface area contributed by atoms with E-state index in [1.165, 1.54) is 99.4 Å². The molecule has 16 aromatic rings. The van der Waals surface area contributed by atoms with Crippen LogP contribution in [0.2, 0.25) is 0 Å². The fourth-order valence-corrected chi connectivity index (χ4v) is 13.9. The number of aromatic nitrogens is 2. The van der Waals surface area contributed by atoms with Gasteiger partial charge in [-0.05, 0) is 182 Å². The summed E-state index contributed by atoms with van der Waals surface area (Å²) in [5.41, 5.74) is 26.6. The van der Waals surface area contributed by atoms with Gasteiger partial charge in [-0.25, -0.2) is 0 Å². The highest BCUT2D eigenvalue weighted by Gasteiger charge is 2.36. The molecule has 400 valence electrons. The number of rotatable bonds is 9. The standard InChI is InChI=1S/C81H55N3O/c1-81(2)73-49-58(59-34-43-69-67-19-9-12-22-75(67)84(78(69)50-59)61-17-7-4-8-18-61)33-42-65(73)66-44-41-64(51-74(66)81)82(63-39-31-55(32-40-63)57-36-46-80-72(48-57)70-21-11-14-24-79(70)85-80)62-37-29-53(30-38-62)52-25-27-54(28-26-52)56-35-45-77-71(47-56)68-20-10-13-23-76(68)83(77)60-15-5-3-6-16-60/h3-51H,1-2H3. The van der Waals surface area contributed by atoms with E-state index in [0.717, 1.165) is 61.4 Å². The van der Waals surface area contributed by atoms with E-state index in [9.17, 15) is 0 Å². The second kappa shape index (κ2) is 19.1. The molecule has 1 aliphatic rings. The van der Waals surface area contributed by atoms with E-state index in [-0.39, 0.29) is 5.41 Å². The molecule has 1 aliphatic carbocycles. The Balaban J connectivity index is 0.720. The summed E-state index contributed by atoms with van der Waals surface area (Å²) in [5.74, 6) is 0. The molecule has 85 heavy (non-hydrogen) atoms. The number of nitrogens with zero attached hydrogens (tertiary/aromatic N) is 3. The Kier molecular flexibility index (Phi) is 10.9. The molecule has 0 saturated carbocycles. The normalized spacial score (nSPS) is 12.7. The Labute approximate surface area is 493 Å². The molecule has 4 nitrogen and oxygen atoms in total. The van der Waals surface area contributed by atoms with Gasteiger partial charge in [0.15, 0.2) is 0 Å². The minimum Gasteiger partial charge on any atom is -0.456 e. The maximum absolute atomic E-state index is 6.22. The van der Waals surface area contributed by atoms with Gasteiger partial charge in [-0.3, -0.25) is 0 Å². The van der Waals surface area contributed by atoms with Gasteiger partial charge in [0.25, 0.3) is 0 Å². The summed E-state index contributed by atoms with van der Waals surface area (Å²) in [6, 6.07) is 109. The van der Waals surface area contributed by atoms with E-state index in [4.69, 9.17) is 4.42 Å². The summed E-state index contributed by atoms with van der Waals surface area (Å²) in [6.07, 6.45) is 0. The van der Waals surface area contributed by atoms with Crippen molar-refractivity contribution in [3.8, 4) is 67.0 Å². The SMILES string of the molecule is CC1(C)c2cc(-c3ccc4c5ccccc5n(-c5ccccc5)c4c3)ccc2-c2ccc(N(c3ccc(-c4ccc(-c5ccc6c(c5)c5ccccc5n6-c5ccccc5)cc4)cc3)c3ccc(-c4ccc5oc6ccccc6c5c4)cc3)cc21. The zero-order valence-corrected chi connectivity index (χ0v) is 47.0. The topological polar surface area (TPSA) is 26.2 Å². The molecule has 0 N–H and O–H groups in total. The predicted molar refractivity (Wildman–Crippen MR) is 356 cm³/mol. The van der Waals surface area contributed by atoms with Crippen LogP contribution in [0.25, 0.3) is 133 Å². The van der Waals surface area contributed by atoms with Gasteiger partial charge in [0.1, 0.15) is 11.2 Å². The number of hydrogen-bond donors (Lipinski definition) is 0. The van der Waals surface area contributed by atoms with Crippen molar-refractivity contribution in [2.45, 2.75) is 19.3 Å². The maximum Gasteiger partial charge on any atom is 0.135 e. The van der Waals surface area contributed by atoms with Crippen molar-refractivity contribution in [1.29, 1.82) is 0 Å². The van der Waals surface area contributed by atoms with Crippen molar-refractivity contribution >= 4 is 82.6 Å². The number of benzene rings is 13. The summed E-state index contributed by atoms with van der Waals surface area (Å²) in [4.78, 5) is 2.42. The highest BCUT2D eigenvalue weighted by Crippen LogP contribution is 2.52. The van der Waals surface area contributed by atoms with Crippen LogP contribution in [0.5, 0.6) is 0 Å². The van der Waals surface area contributed by atoms with E-state index in [1.54, 1.807) is 0 Å². The molecule has 0 atom stereocenters. The first-order valence-electron chi connectivity index (χ1n) is 29.4. The third kappa shape index (κ3) is 7.83. The second-order valence-electron chi connectivity index (χ2n) is 23.3. The Morgan fingerprint density at radius 3 is 1.32 bits per heavy atom. The summed E-state index contributed by atoms with van der Waals surface area (Å²) >= 11 is 0. The Morgan fingerprint density at radius 1 is 0.271 bits per heavy atom. The Morgan fingerprint density at radius 2 is 0.671 bits per heavy atom. The lowest BCUT2D eigenvalue weighted by molar-refractivity contribution is 0.660. The van der Waals surface area contributed by atoms with Gasteiger partial charge in [0.05, 0.1) is 22.1 Å². The average molecular weight is 1090 g/mol. The summed E-state index contributed by atoms with van der Waals surface area (Å²) in [6.45, 7) is 4.79. The molecule has 3 aromatic heterocycles. The molecule has 0 aliphatic heterocycles. The molecule has 0 bridgehead atoms. The lowest BCUT2D eigenvalue weighted by Crippen LogP contribution is -2.16. The molecular weight excluding hydrogens is 1030 g/mol. The summed E-state index contributed by atoms with van der Waals surface area (Å²) in [7, 11) is 0. The third-order valence-corrected chi connectivity index (χ3v) is 18.1. The van der Waals surface area contributed by atoms with Crippen LogP contribution in [0.4, 0.5) is 17.1 Å². The van der Waals surface area contributed by atoms with Crippen LogP contribution in [0.15, 0.2) is 302 Å². The van der Waals surface area contributed by atoms with E-state index >= 15 is 0 Å². The zero-order valence-electron chi connectivity index (χ0n) is 47.0. The molecule has 0 unspecified atom stereocenters. The number of hydrogen-bond acceptors (Lipinski definition) is 2. The molecule has 0 radical (unpaired) electrons. The molecule has 0 saturated heterocycles. The van der Waals surface area contributed by atoms with E-state index in [2.05, 4.69) is 313 Å². The van der Waals surface area contributed by atoms with Crippen LogP contribution >= 0.6 is 0 Å². The molecular formula is C81H55N3O. The highest BCUT2D eigenvalue weighted by atomic mass is 16.3. The smallest absolute Gasteiger partial charge is 0.135 e. The predicted octanol–water partition coefficient (Wildman–Crippen LogP) is 22.2. The van der Waals surface area contributed by atoms with Crippen LogP contribution in [0.1, 0.15) is 25.0 Å². The molecule has 13 aromatic carbocycles. The Bertz CT molecular complexity index is 5300. The maximum atomic E-state index is 6.22. The lowest BCUT2D eigenvalue weighted by atomic mass is 9.81. The molecule has 17 rings (SSSR count). The molecule has 0 spiro atoms. The first-order valence-corrected chi connectivity index (χ1v) is 29.4. The fourth-order valence-electron chi connectivity index (χ4n) is 13.9. The van der Waals surface area contributed by atoms with Crippen molar-refractivity contribution in [3.05, 3.63) is 308 Å². The number of fused-ring (bicyclic) bond motifs is 12. The van der Waals surface area contributed by atoms with Crippen LogP contribution in [-0.2, 0) is 5.41 Å². The first kappa shape index (κ1) is 48.7. The van der Waals surface area contributed by atoms with Crippen molar-refractivity contribution in [2.24, 2.45) is 0 Å². The van der Waals surface area contributed by atoms with Gasteiger partial charge in [-0.2, -0.15) is 0 Å². The summed E-state index contributed by atoms with van der Waals surface area (Å²) < 4.78 is 11.0. The van der Waals surface area contributed by atoms with Crippen LogP contribution in [-0.4, -0.2) is 9.13 Å². The van der Waals surface area contributed by atoms with Gasteiger partial charge >= 0.3 is 0 Å². The van der Waals surface area contributed by atoms with Crippen molar-refractivity contribution in [3.63, 3.8) is 0 Å². The van der Waals surface area contributed by atoms with Crippen molar-refractivity contribution in [2.75, 3.05) is 4.90 Å². The number of furan rings is 1. The van der Waals surface area contributed by atoms with E-state index in [0.29, 0.717) is 0 Å².